The smallest absolute Gasteiger partial charge is 0.257 e. The molecule has 0 spiro atoms. The Bertz CT molecular complexity index is 647. The van der Waals surface area contributed by atoms with Crippen LogP contribution in [-0.2, 0) is 0 Å². The Labute approximate surface area is 132 Å². The lowest BCUT2D eigenvalue weighted by molar-refractivity contribution is 0.102. The molecule has 0 aromatic heterocycles. The standard InChI is InChI=1S/C13H9Br2ClN2O/c14-7-1-3-11(17)9(5-7)13(19)18-12-4-2-8(15)6-10(12)16/h1-6H,17H2,(H,18,19). The lowest BCUT2D eigenvalue weighted by Crippen LogP contribution is -2.14. The zero-order chi connectivity index (χ0) is 14.0. The average molecular weight is 404 g/mol. The maximum absolute atomic E-state index is 12.1. The van der Waals surface area contributed by atoms with Crippen LogP contribution in [0.1, 0.15) is 10.4 Å². The van der Waals surface area contributed by atoms with Crippen LogP contribution in [-0.4, -0.2) is 5.91 Å². The summed E-state index contributed by atoms with van der Waals surface area (Å²) in [6, 6.07) is 10.3. The van der Waals surface area contributed by atoms with Gasteiger partial charge >= 0.3 is 0 Å². The van der Waals surface area contributed by atoms with Gasteiger partial charge in [0, 0.05) is 14.6 Å². The minimum Gasteiger partial charge on any atom is -0.398 e. The van der Waals surface area contributed by atoms with E-state index in [0.717, 1.165) is 8.95 Å². The van der Waals surface area contributed by atoms with Crippen molar-refractivity contribution < 1.29 is 4.79 Å². The predicted octanol–water partition coefficient (Wildman–Crippen LogP) is 4.70. The van der Waals surface area contributed by atoms with Gasteiger partial charge in [0.1, 0.15) is 0 Å². The Kier molecular flexibility index (Phi) is 4.50. The molecule has 3 N–H and O–H groups in total. The topological polar surface area (TPSA) is 55.1 Å². The van der Waals surface area contributed by atoms with Crippen molar-refractivity contribution in [3.8, 4) is 0 Å². The predicted molar refractivity (Wildman–Crippen MR) is 85.7 cm³/mol. The number of rotatable bonds is 2. The van der Waals surface area contributed by atoms with E-state index in [1.54, 1.807) is 36.4 Å². The van der Waals surface area contributed by atoms with E-state index < -0.39 is 0 Å². The van der Waals surface area contributed by atoms with Crippen molar-refractivity contribution >= 4 is 60.7 Å². The van der Waals surface area contributed by atoms with E-state index in [2.05, 4.69) is 37.2 Å². The Morgan fingerprint density at radius 1 is 1.11 bits per heavy atom. The first kappa shape index (κ1) is 14.4. The van der Waals surface area contributed by atoms with Gasteiger partial charge in [-0.3, -0.25) is 4.79 Å². The van der Waals surface area contributed by atoms with Crippen LogP contribution >= 0.6 is 43.5 Å². The quantitative estimate of drug-likeness (QED) is 0.713. The minimum absolute atomic E-state index is 0.303. The van der Waals surface area contributed by atoms with Crippen LogP contribution in [0.25, 0.3) is 0 Å². The number of nitrogen functional groups attached to an aromatic ring is 1. The third-order valence-electron chi connectivity index (χ3n) is 2.44. The molecule has 0 heterocycles. The van der Waals surface area contributed by atoms with Gasteiger partial charge in [-0.05, 0) is 36.4 Å². The fourth-order valence-electron chi connectivity index (χ4n) is 1.51. The van der Waals surface area contributed by atoms with E-state index in [1.807, 2.05) is 0 Å². The molecule has 19 heavy (non-hydrogen) atoms. The first-order chi connectivity index (χ1) is 8.97. The molecule has 0 saturated carbocycles. The van der Waals surface area contributed by atoms with Crippen LogP contribution in [0.4, 0.5) is 11.4 Å². The van der Waals surface area contributed by atoms with Gasteiger partial charge in [0.05, 0.1) is 16.3 Å². The van der Waals surface area contributed by atoms with Crippen molar-refractivity contribution in [1.29, 1.82) is 0 Å². The highest BCUT2D eigenvalue weighted by atomic mass is 79.9. The van der Waals surface area contributed by atoms with E-state index in [4.69, 9.17) is 17.3 Å². The van der Waals surface area contributed by atoms with Crippen molar-refractivity contribution in [3.63, 3.8) is 0 Å². The van der Waals surface area contributed by atoms with Crippen molar-refractivity contribution in [1.82, 2.24) is 0 Å². The van der Waals surface area contributed by atoms with E-state index >= 15 is 0 Å². The molecule has 0 atom stereocenters. The monoisotopic (exact) mass is 402 g/mol. The van der Waals surface area contributed by atoms with Crippen molar-refractivity contribution in [2.45, 2.75) is 0 Å². The number of anilines is 2. The Morgan fingerprint density at radius 2 is 1.74 bits per heavy atom. The lowest BCUT2D eigenvalue weighted by atomic mass is 10.1. The van der Waals surface area contributed by atoms with Crippen LogP contribution in [0.3, 0.4) is 0 Å². The number of nitrogens with two attached hydrogens (primary N) is 1. The highest BCUT2D eigenvalue weighted by Gasteiger charge is 2.12. The van der Waals surface area contributed by atoms with Crippen molar-refractivity contribution in [2.75, 3.05) is 11.1 Å². The zero-order valence-electron chi connectivity index (χ0n) is 9.58. The Balaban J connectivity index is 2.28. The SMILES string of the molecule is Nc1ccc(Br)cc1C(=O)Nc1ccc(Br)cc1Cl. The number of halogens is 3. The summed E-state index contributed by atoms with van der Waals surface area (Å²) in [6.45, 7) is 0. The molecule has 2 rings (SSSR count). The molecule has 2 aromatic carbocycles. The molecule has 0 fully saturated rings. The molecule has 6 heteroatoms. The summed E-state index contributed by atoms with van der Waals surface area (Å²) in [4.78, 5) is 12.1. The summed E-state index contributed by atoms with van der Waals surface area (Å²) in [5.74, 6) is -0.303. The zero-order valence-corrected chi connectivity index (χ0v) is 13.5. The molecule has 2 aromatic rings. The molecule has 0 saturated heterocycles. The molecule has 98 valence electrons. The van der Waals surface area contributed by atoms with Gasteiger partial charge in [0.25, 0.3) is 5.91 Å². The summed E-state index contributed by atoms with van der Waals surface area (Å²) in [5, 5.41) is 3.18. The van der Waals surface area contributed by atoms with E-state index in [-0.39, 0.29) is 5.91 Å². The van der Waals surface area contributed by atoms with Crippen LogP contribution in [0.15, 0.2) is 45.3 Å². The van der Waals surface area contributed by atoms with Gasteiger partial charge in [0.2, 0.25) is 0 Å². The maximum Gasteiger partial charge on any atom is 0.257 e. The number of carbonyl (C=O) groups is 1. The largest absolute Gasteiger partial charge is 0.398 e. The molecule has 0 bridgehead atoms. The molecule has 0 unspecified atom stereocenters. The highest BCUT2D eigenvalue weighted by molar-refractivity contribution is 9.10. The summed E-state index contributed by atoms with van der Waals surface area (Å²) < 4.78 is 1.63. The summed E-state index contributed by atoms with van der Waals surface area (Å²) >= 11 is 12.7. The molecule has 3 nitrogen and oxygen atoms in total. The number of hydrogen-bond donors (Lipinski definition) is 2. The second-order valence-electron chi connectivity index (χ2n) is 3.81. The number of carbonyl (C=O) groups excluding carboxylic acids is 1. The second kappa shape index (κ2) is 5.94. The van der Waals surface area contributed by atoms with Crippen LogP contribution in [0.2, 0.25) is 5.02 Å². The molecule has 0 aliphatic rings. The van der Waals surface area contributed by atoms with Gasteiger partial charge < -0.3 is 11.1 Å². The first-order valence-electron chi connectivity index (χ1n) is 5.29. The highest BCUT2D eigenvalue weighted by Crippen LogP contribution is 2.27. The van der Waals surface area contributed by atoms with Gasteiger partial charge in [0.15, 0.2) is 0 Å². The molecule has 1 amide bonds. The molecule has 0 radical (unpaired) electrons. The normalized spacial score (nSPS) is 10.3. The fourth-order valence-corrected chi connectivity index (χ4v) is 2.59. The van der Waals surface area contributed by atoms with Crippen LogP contribution < -0.4 is 11.1 Å². The first-order valence-corrected chi connectivity index (χ1v) is 7.25. The van der Waals surface area contributed by atoms with Gasteiger partial charge in [-0.25, -0.2) is 0 Å². The Hall–Kier alpha value is -1.04. The molecular weight excluding hydrogens is 395 g/mol. The molecule has 0 aliphatic carbocycles. The summed E-state index contributed by atoms with van der Waals surface area (Å²) in [6.07, 6.45) is 0. The van der Waals surface area contributed by atoms with Gasteiger partial charge in [-0.1, -0.05) is 43.5 Å². The number of amides is 1. The Morgan fingerprint density at radius 3 is 2.42 bits per heavy atom. The average Bonchev–Trinajstić information content (AvgIpc) is 2.35. The summed E-state index contributed by atoms with van der Waals surface area (Å²) in [7, 11) is 0. The minimum atomic E-state index is -0.303. The third-order valence-corrected chi connectivity index (χ3v) is 3.74. The van der Waals surface area contributed by atoms with E-state index in [0.29, 0.717) is 22.0 Å². The molecule has 0 aliphatic heterocycles. The van der Waals surface area contributed by atoms with Gasteiger partial charge in [-0.2, -0.15) is 0 Å². The van der Waals surface area contributed by atoms with Crippen LogP contribution in [0.5, 0.6) is 0 Å². The lowest BCUT2D eigenvalue weighted by Gasteiger charge is -2.09. The number of benzene rings is 2. The van der Waals surface area contributed by atoms with Crippen molar-refractivity contribution in [3.05, 3.63) is 55.9 Å². The van der Waals surface area contributed by atoms with E-state index in [1.165, 1.54) is 0 Å². The summed E-state index contributed by atoms with van der Waals surface area (Å²) in [5.41, 5.74) is 7.13. The third kappa shape index (κ3) is 3.49. The van der Waals surface area contributed by atoms with Crippen molar-refractivity contribution in [2.24, 2.45) is 0 Å². The fraction of sp³-hybridized carbons (Fsp3) is 0. The number of nitrogens with one attached hydrogen (secondary N) is 1. The second-order valence-corrected chi connectivity index (χ2v) is 6.05. The maximum atomic E-state index is 12.1. The van der Waals surface area contributed by atoms with Crippen LogP contribution in [0, 0.1) is 0 Å². The van der Waals surface area contributed by atoms with E-state index in [9.17, 15) is 4.79 Å². The molecular formula is C13H9Br2ClN2O. The number of hydrogen-bond acceptors (Lipinski definition) is 2. The van der Waals surface area contributed by atoms with Gasteiger partial charge in [-0.15, -0.1) is 0 Å².